The van der Waals surface area contributed by atoms with Crippen molar-refractivity contribution in [2.75, 3.05) is 19.6 Å². The Bertz CT molecular complexity index is 908. The number of benzene rings is 1. The smallest absolute Gasteiger partial charge is 0.405 e. The maximum Gasteiger partial charge on any atom is 0.573 e. The molecule has 1 heterocycles. The van der Waals surface area contributed by atoms with Gasteiger partial charge >= 0.3 is 6.36 Å². The summed E-state index contributed by atoms with van der Waals surface area (Å²) in [6.45, 7) is 2.11. The quantitative estimate of drug-likeness (QED) is 0.713. The van der Waals surface area contributed by atoms with E-state index in [1.807, 2.05) is 0 Å². The van der Waals surface area contributed by atoms with E-state index >= 15 is 0 Å². The lowest BCUT2D eigenvalue weighted by Crippen LogP contribution is -2.45. The Morgan fingerprint density at radius 1 is 1.41 bits per heavy atom. The standard InChI is InChI=1S/C21H21F3N2O3/c1-14(27)12-25-13-19(28)26-11-10-15-6-2-3-7-16(15)20(26)17-8-4-5-9-18(17)29-21(22,23)24/h3-5,7-9,14,20,25,27H,10-13H2,1H3. The second kappa shape index (κ2) is 8.72. The molecular weight excluding hydrogens is 385 g/mol. The lowest BCUT2D eigenvalue weighted by atomic mass is 9.84. The van der Waals surface area contributed by atoms with Crippen molar-refractivity contribution in [2.45, 2.75) is 31.9 Å². The van der Waals surface area contributed by atoms with Crippen molar-refractivity contribution >= 4 is 5.91 Å². The van der Waals surface area contributed by atoms with Crippen molar-refractivity contribution in [3.05, 3.63) is 64.6 Å². The van der Waals surface area contributed by atoms with Crippen LogP contribution in [-0.4, -0.2) is 48.0 Å². The normalized spacial score (nSPS) is 19.3. The third kappa shape index (κ3) is 5.19. The molecule has 2 aliphatic rings. The molecule has 1 fully saturated rings. The van der Waals surface area contributed by atoms with E-state index in [-0.39, 0.29) is 30.3 Å². The number of amides is 1. The van der Waals surface area contributed by atoms with Crippen LogP contribution in [0.1, 0.15) is 24.9 Å². The monoisotopic (exact) mass is 406 g/mol. The summed E-state index contributed by atoms with van der Waals surface area (Å²) in [5, 5.41) is 12.2. The Morgan fingerprint density at radius 3 is 2.90 bits per heavy atom. The summed E-state index contributed by atoms with van der Waals surface area (Å²) in [6, 6.07) is 5.09. The highest BCUT2D eigenvalue weighted by molar-refractivity contribution is 5.80. The van der Waals surface area contributed by atoms with Crippen LogP contribution in [0.25, 0.3) is 0 Å². The number of rotatable bonds is 6. The fraction of sp³-hybridized carbons (Fsp3) is 0.381. The number of piperidine rings is 1. The van der Waals surface area contributed by atoms with Gasteiger partial charge in [0, 0.05) is 24.2 Å². The van der Waals surface area contributed by atoms with Gasteiger partial charge in [0.15, 0.2) is 0 Å². The second-order valence-electron chi connectivity index (χ2n) is 6.84. The van der Waals surface area contributed by atoms with Crippen LogP contribution in [0.4, 0.5) is 13.2 Å². The summed E-state index contributed by atoms with van der Waals surface area (Å²) in [6.07, 6.45) is -1.58. The fourth-order valence-electron chi connectivity index (χ4n) is 3.44. The maximum absolute atomic E-state index is 12.9. The topological polar surface area (TPSA) is 61.8 Å². The van der Waals surface area contributed by atoms with Gasteiger partial charge in [0.05, 0.1) is 18.7 Å². The molecule has 2 atom stereocenters. The summed E-state index contributed by atoms with van der Waals surface area (Å²) in [5.41, 5.74) is 7.60. The van der Waals surface area contributed by atoms with E-state index in [9.17, 15) is 23.1 Å². The maximum atomic E-state index is 12.9. The molecule has 0 aromatic heterocycles. The van der Waals surface area contributed by atoms with Gasteiger partial charge in [-0.1, -0.05) is 29.7 Å². The van der Waals surface area contributed by atoms with Crippen molar-refractivity contribution in [1.29, 1.82) is 0 Å². The number of aliphatic hydroxyl groups is 1. The number of ether oxygens (including phenoxy) is 1. The first-order valence-electron chi connectivity index (χ1n) is 9.20. The predicted octanol–water partition coefficient (Wildman–Crippen LogP) is 3.01. The van der Waals surface area contributed by atoms with E-state index in [0.29, 0.717) is 18.5 Å². The van der Waals surface area contributed by atoms with Crippen LogP contribution in [0.15, 0.2) is 59.0 Å². The molecule has 0 bridgehead atoms. The largest absolute Gasteiger partial charge is 0.573 e. The molecule has 1 aromatic carbocycles. The van der Waals surface area contributed by atoms with E-state index in [1.165, 1.54) is 23.1 Å². The number of hydrogen-bond donors (Lipinski definition) is 2. The van der Waals surface area contributed by atoms with Gasteiger partial charge in [-0.05, 0) is 37.1 Å². The van der Waals surface area contributed by atoms with E-state index in [2.05, 4.69) is 21.5 Å². The summed E-state index contributed by atoms with van der Waals surface area (Å²) >= 11 is 0. The Hall–Kier alpha value is -2.76. The fourth-order valence-corrected chi connectivity index (χ4v) is 3.44. The third-order valence-corrected chi connectivity index (χ3v) is 4.60. The highest BCUT2D eigenvalue weighted by Crippen LogP contribution is 2.43. The average molecular weight is 406 g/mol. The zero-order valence-electron chi connectivity index (χ0n) is 15.8. The number of carbonyl (C=O) groups excluding carboxylic acids is 1. The summed E-state index contributed by atoms with van der Waals surface area (Å²) in [4.78, 5) is 14.4. The molecule has 0 spiro atoms. The number of likely N-dealkylation sites (tertiary alicyclic amines) is 1. The summed E-state index contributed by atoms with van der Waals surface area (Å²) in [5.74, 6) is -0.628. The van der Waals surface area contributed by atoms with Crippen molar-refractivity contribution in [1.82, 2.24) is 10.2 Å². The van der Waals surface area contributed by atoms with Crippen LogP contribution in [0, 0.1) is 0 Å². The number of allylic oxidation sites excluding steroid dienone is 2. The van der Waals surface area contributed by atoms with Crippen LogP contribution in [0.2, 0.25) is 0 Å². The molecule has 1 amide bonds. The Morgan fingerprint density at radius 2 is 2.17 bits per heavy atom. The van der Waals surface area contributed by atoms with Gasteiger partial charge in [0.25, 0.3) is 0 Å². The molecule has 2 unspecified atom stereocenters. The number of fused-ring (bicyclic) bond motifs is 1. The summed E-state index contributed by atoms with van der Waals surface area (Å²) < 4.78 is 43.0. The number of hydrogen-bond acceptors (Lipinski definition) is 4. The number of nitrogens with zero attached hydrogens (tertiary/aromatic N) is 1. The number of halogens is 3. The van der Waals surface area contributed by atoms with E-state index < -0.39 is 18.5 Å². The molecule has 1 aromatic rings. The molecule has 0 saturated carbocycles. The molecule has 1 aliphatic carbocycles. The average Bonchev–Trinajstić information content (AvgIpc) is 2.66. The molecule has 154 valence electrons. The lowest BCUT2D eigenvalue weighted by Gasteiger charge is -2.39. The van der Waals surface area contributed by atoms with Crippen LogP contribution >= 0.6 is 0 Å². The van der Waals surface area contributed by atoms with Crippen LogP contribution < -0.4 is 10.1 Å². The van der Waals surface area contributed by atoms with Gasteiger partial charge in [-0.2, -0.15) is 0 Å². The highest BCUT2D eigenvalue weighted by Gasteiger charge is 2.38. The Kier molecular flexibility index (Phi) is 6.30. The first kappa shape index (κ1) is 21.0. The number of aliphatic hydroxyl groups excluding tert-OH is 1. The minimum Gasteiger partial charge on any atom is -0.405 e. The van der Waals surface area contributed by atoms with Crippen LogP contribution in [0.5, 0.6) is 5.75 Å². The lowest BCUT2D eigenvalue weighted by molar-refractivity contribution is -0.275. The zero-order chi connectivity index (χ0) is 21.0. The first-order chi connectivity index (χ1) is 13.8. The van der Waals surface area contributed by atoms with Gasteiger partial charge in [0.2, 0.25) is 5.91 Å². The molecule has 5 nitrogen and oxygen atoms in total. The molecule has 0 radical (unpaired) electrons. The van der Waals surface area contributed by atoms with Gasteiger partial charge in [-0.25, -0.2) is 0 Å². The van der Waals surface area contributed by atoms with Crippen LogP contribution in [0.3, 0.4) is 0 Å². The molecule has 1 saturated heterocycles. The van der Waals surface area contributed by atoms with Crippen molar-refractivity contribution in [2.24, 2.45) is 0 Å². The molecule has 8 heteroatoms. The number of carbonyl (C=O) groups is 1. The SMILES string of the molecule is CC(O)CNCC(=O)N1CCC2=C=C=CC=C2C1c1ccccc1OC(F)(F)F. The first-order valence-corrected chi connectivity index (χ1v) is 9.20. The Balaban J connectivity index is 1.97. The number of para-hydroxylation sites is 1. The molecule has 29 heavy (non-hydrogen) atoms. The molecule has 1 aliphatic heterocycles. The van der Waals surface area contributed by atoms with E-state index in [4.69, 9.17) is 0 Å². The van der Waals surface area contributed by atoms with E-state index in [0.717, 1.165) is 5.57 Å². The van der Waals surface area contributed by atoms with Gasteiger partial charge in [0.1, 0.15) is 5.75 Å². The highest BCUT2D eigenvalue weighted by atomic mass is 19.4. The minimum absolute atomic E-state index is 0.0400. The van der Waals surface area contributed by atoms with E-state index in [1.54, 1.807) is 25.1 Å². The Labute approximate surface area is 166 Å². The number of alkyl halides is 3. The van der Waals surface area contributed by atoms with Crippen molar-refractivity contribution in [3.8, 4) is 5.75 Å². The third-order valence-electron chi connectivity index (χ3n) is 4.60. The zero-order valence-corrected chi connectivity index (χ0v) is 15.8. The van der Waals surface area contributed by atoms with Gasteiger partial charge in [-0.15, -0.1) is 13.2 Å². The van der Waals surface area contributed by atoms with Gasteiger partial charge < -0.3 is 20.1 Å². The predicted molar refractivity (Wildman–Crippen MR) is 99.9 cm³/mol. The minimum atomic E-state index is -4.85. The molecular formula is C21H21F3N2O3. The second-order valence-corrected chi connectivity index (χ2v) is 6.84. The molecule has 2 N–H and O–H groups in total. The molecule has 3 rings (SSSR count). The van der Waals surface area contributed by atoms with Crippen LogP contribution in [-0.2, 0) is 4.79 Å². The van der Waals surface area contributed by atoms with Gasteiger partial charge in [-0.3, -0.25) is 4.79 Å². The number of nitrogens with one attached hydrogen (secondary N) is 1. The van der Waals surface area contributed by atoms with Crippen molar-refractivity contribution in [3.63, 3.8) is 0 Å². The summed E-state index contributed by atoms with van der Waals surface area (Å²) in [7, 11) is 0. The van der Waals surface area contributed by atoms with Crippen molar-refractivity contribution < 1.29 is 27.8 Å².